The van der Waals surface area contributed by atoms with Crippen LogP contribution in [0.2, 0.25) is 0 Å². The molecule has 0 aromatic carbocycles. The van der Waals surface area contributed by atoms with Crippen molar-refractivity contribution in [3.8, 4) is 0 Å². The molecule has 0 aromatic heterocycles. The zero-order valence-corrected chi connectivity index (χ0v) is 7.77. The lowest BCUT2D eigenvalue weighted by Gasteiger charge is -2.18. The molecule has 0 saturated carbocycles. The van der Waals surface area contributed by atoms with Gasteiger partial charge in [0.25, 0.3) is 0 Å². The summed E-state index contributed by atoms with van der Waals surface area (Å²) in [5.74, 6) is -5.02. The van der Waals surface area contributed by atoms with Crippen LogP contribution < -0.4 is 0 Å². The van der Waals surface area contributed by atoms with Crippen molar-refractivity contribution in [3.63, 3.8) is 0 Å². The molecule has 0 aliphatic carbocycles. The second-order valence-corrected chi connectivity index (χ2v) is 2.48. The molecule has 0 spiro atoms. The number of hydrogen-bond acceptors (Lipinski definition) is 4. The lowest BCUT2D eigenvalue weighted by atomic mass is 9.96. The molecule has 3 radical (unpaired) electrons. The second kappa shape index (κ2) is 5.51. The van der Waals surface area contributed by atoms with E-state index in [0.29, 0.717) is 0 Å². The molecule has 0 heterocycles. The van der Waals surface area contributed by atoms with Crippen LogP contribution in [0.15, 0.2) is 0 Å². The summed E-state index contributed by atoms with van der Waals surface area (Å²) in [6, 6.07) is 0. The van der Waals surface area contributed by atoms with Crippen molar-refractivity contribution in [1.29, 1.82) is 0 Å². The Morgan fingerprint density at radius 1 is 0.929 bits per heavy atom. The maximum atomic E-state index is 10.3. The fraction of sp³-hybridized carbons (Fsp3) is 0.500. The van der Waals surface area contributed by atoms with Gasteiger partial charge in [0.05, 0.1) is 12.8 Å². The highest BCUT2D eigenvalue weighted by molar-refractivity contribution is 6.92. The van der Waals surface area contributed by atoms with Crippen molar-refractivity contribution < 1.29 is 34.8 Å². The van der Waals surface area contributed by atoms with Crippen LogP contribution in [0, 0.1) is 0 Å². The van der Waals surface area contributed by atoms with Crippen molar-refractivity contribution in [2.24, 2.45) is 0 Å². The fourth-order valence-electron chi connectivity index (χ4n) is 0.714. The first kappa shape index (κ1) is 15.3. The van der Waals surface area contributed by atoms with Gasteiger partial charge in [-0.15, -0.1) is 0 Å². The van der Waals surface area contributed by atoms with Crippen molar-refractivity contribution in [2.45, 2.75) is 18.4 Å². The average molecular weight is 223 g/mol. The molecule has 0 saturated heterocycles. The smallest absolute Gasteiger partial charge is 0.336 e. The van der Waals surface area contributed by atoms with Crippen LogP contribution in [-0.4, -0.2) is 43.9 Å². The molecule has 0 fully saturated rings. The predicted molar refractivity (Wildman–Crippen MR) is 44.0 cm³/mol. The molecule has 7 nitrogen and oxygen atoms in total. The van der Waals surface area contributed by atoms with Gasteiger partial charge in [-0.1, -0.05) is 0 Å². The third kappa shape index (κ3) is 4.74. The lowest BCUT2D eigenvalue weighted by Crippen LogP contribution is -2.42. The van der Waals surface area contributed by atoms with Crippen LogP contribution in [-0.2, 0) is 14.4 Å². The summed E-state index contributed by atoms with van der Waals surface area (Å²) in [6.07, 6.45) is -2.29. The van der Waals surface area contributed by atoms with E-state index in [-0.39, 0.29) is 9.90 Å². The fourth-order valence-corrected chi connectivity index (χ4v) is 0.714. The van der Waals surface area contributed by atoms with E-state index in [1.54, 1.807) is 0 Å². The van der Waals surface area contributed by atoms with Crippen LogP contribution in [0.4, 0.5) is 0 Å². The van der Waals surface area contributed by atoms with Gasteiger partial charge in [-0.2, -0.15) is 0 Å². The highest BCUT2D eigenvalue weighted by Crippen LogP contribution is 2.15. The molecule has 4 N–H and O–H groups in total. The topological polar surface area (TPSA) is 132 Å². The van der Waals surface area contributed by atoms with E-state index in [2.05, 4.69) is 0 Å². The Morgan fingerprint density at radius 3 is 1.36 bits per heavy atom. The van der Waals surface area contributed by atoms with Gasteiger partial charge in [0.2, 0.25) is 0 Å². The molecule has 0 unspecified atom stereocenters. The number of aliphatic hydroxyl groups is 1. The summed E-state index contributed by atoms with van der Waals surface area (Å²) < 4.78 is 0. The molecule has 0 rings (SSSR count). The van der Waals surface area contributed by atoms with Gasteiger partial charge in [0.15, 0.2) is 5.60 Å². The number of carboxylic acids is 3. The highest BCUT2D eigenvalue weighted by atomic mass is 31.0. The number of hydrogen-bond donors (Lipinski definition) is 4. The van der Waals surface area contributed by atoms with Crippen LogP contribution in [0.3, 0.4) is 0 Å². The first-order valence-corrected chi connectivity index (χ1v) is 3.17. The molecule has 14 heavy (non-hydrogen) atoms. The maximum Gasteiger partial charge on any atom is 0.336 e. The minimum atomic E-state index is -2.74. The van der Waals surface area contributed by atoms with E-state index >= 15 is 0 Å². The Bertz CT molecular complexity index is 233. The molecule has 0 aliphatic heterocycles. The summed E-state index contributed by atoms with van der Waals surface area (Å²) in [7, 11) is 0. The van der Waals surface area contributed by atoms with Gasteiger partial charge in [0, 0.05) is 9.90 Å². The molecular weight excluding hydrogens is 215 g/mol. The summed E-state index contributed by atoms with van der Waals surface area (Å²) in [6.45, 7) is 0. The summed E-state index contributed by atoms with van der Waals surface area (Å²) in [4.78, 5) is 30.5. The molecule has 0 atom stereocenters. The van der Waals surface area contributed by atoms with Crippen molar-refractivity contribution in [2.75, 3.05) is 0 Å². The standard InChI is InChI=1S/C6H8O7.P/c7-3(8)1-6(13,5(11)12)2-4(9)10;/h13H,1-2H2,(H,7,8)(H,9,10)(H,11,12);. The van der Waals surface area contributed by atoms with Gasteiger partial charge in [-0.25, -0.2) is 4.79 Å². The van der Waals surface area contributed by atoms with Gasteiger partial charge in [-0.05, 0) is 0 Å². The van der Waals surface area contributed by atoms with Crippen LogP contribution >= 0.6 is 9.90 Å². The third-order valence-electron chi connectivity index (χ3n) is 1.29. The Labute approximate surface area is 82.0 Å². The largest absolute Gasteiger partial charge is 0.481 e. The van der Waals surface area contributed by atoms with E-state index in [0.717, 1.165) is 0 Å². The van der Waals surface area contributed by atoms with Crippen molar-refractivity contribution >= 4 is 27.8 Å². The number of carbonyl (C=O) groups is 3. The third-order valence-corrected chi connectivity index (χ3v) is 1.29. The van der Waals surface area contributed by atoms with E-state index in [4.69, 9.17) is 20.4 Å². The minimum Gasteiger partial charge on any atom is -0.481 e. The Kier molecular flexibility index (Phi) is 6.02. The number of aliphatic carboxylic acids is 3. The number of carboxylic acid groups (broad SMARTS) is 3. The van der Waals surface area contributed by atoms with E-state index < -0.39 is 36.4 Å². The minimum absolute atomic E-state index is 0. The molecule has 79 valence electrons. The predicted octanol–water partition coefficient (Wildman–Crippen LogP) is -0.387. The average Bonchev–Trinajstić information content (AvgIpc) is 1.82. The van der Waals surface area contributed by atoms with Crippen molar-refractivity contribution in [3.05, 3.63) is 0 Å². The Morgan fingerprint density at radius 2 is 1.21 bits per heavy atom. The summed E-state index contributed by atoms with van der Waals surface area (Å²) in [5.41, 5.74) is -2.74. The molecule has 0 amide bonds. The monoisotopic (exact) mass is 223 g/mol. The first-order valence-electron chi connectivity index (χ1n) is 3.17. The molecule has 0 bridgehead atoms. The zero-order chi connectivity index (χ0) is 10.6. The van der Waals surface area contributed by atoms with E-state index in [9.17, 15) is 14.4 Å². The zero-order valence-electron chi connectivity index (χ0n) is 6.88. The first-order chi connectivity index (χ1) is 5.78. The van der Waals surface area contributed by atoms with Gasteiger partial charge in [-0.3, -0.25) is 9.59 Å². The maximum absolute atomic E-state index is 10.3. The lowest BCUT2D eigenvalue weighted by molar-refractivity contribution is -0.170. The van der Waals surface area contributed by atoms with Gasteiger partial charge in [0.1, 0.15) is 0 Å². The summed E-state index contributed by atoms with van der Waals surface area (Å²) >= 11 is 0. The van der Waals surface area contributed by atoms with Crippen LogP contribution in [0.1, 0.15) is 12.8 Å². The summed E-state index contributed by atoms with van der Waals surface area (Å²) in [5, 5.41) is 33.8. The van der Waals surface area contributed by atoms with Crippen molar-refractivity contribution in [1.82, 2.24) is 0 Å². The van der Waals surface area contributed by atoms with Crippen LogP contribution in [0.5, 0.6) is 0 Å². The van der Waals surface area contributed by atoms with E-state index in [1.165, 1.54) is 0 Å². The molecular formula is C6H8O7P. The number of rotatable bonds is 5. The van der Waals surface area contributed by atoms with E-state index in [1.807, 2.05) is 0 Å². The van der Waals surface area contributed by atoms with Gasteiger partial charge < -0.3 is 20.4 Å². The normalized spacial score (nSPS) is 10.1. The van der Waals surface area contributed by atoms with Gasteiger partial charge >= 0.3 is 17.9 Å². The highest BCUT2D eigenvalue weighted by Gasteiger charge is 2.40. The molecule has 0 aliphatic rings. The Hall–Kier alpha value is -1.20. The Balaban J connectivity index is 0. The van der Waals surface area contributed by atoms with Crippen LogP contribution in [0.25, 0.3) is 0 Å². The second-order valence-electron chi connectivity index (χ2n) is 2.48. The SMILES string of the molecule is O=C(O)CC(O)(CC(=O)O)C(=O)O.[P]. The molecule has 8 heteroatoms. The quantitative estimate of drug-likeness (QED) is 0.466. The molecule has 0 aromatic rings.